The van der Waals surface area contributed by atoms with Crippen LogP contribution < -0.4 is 10.0 Å². The Hall–Kier alpha value is -3.01. The summed E-state index contributed by atoms with van der Waals surface area (Å²) >= 11 is 2.32. The van der Waals surface area contributed by atoms with Gasteiger partial charge >= 0.3 is 0 Å². The number of nitriles is 1. The summed E-state index contributed by atoms with van der Waals surface area (Å²) in [4.78, 5) is 16.8. The number of rotatable bonds is 9. The maximum atomic E-state index is 12.4. The molecule has 32 heavy (non-hydrogen) atoms. The molecule has 0 saturated carbocycles. The van der Waals surface area contributed by atoms with Gasteiger partial charge in [-0.2, -0.15) is 5.26 Å². The second kappa shape index (κ2) is 10.5. The molecule has 0 spiro atoms. The first kappa shape index (κ1) is 23.6. The molecule has 12 heteroatoms. The Morgan fingerprint density at radius 2 is 1.94 bits per heavy atom. The van der Waals surface area contributed by atoms with Crippen molar-refractivity contribution in [2.75, 3.05) is 15.8 Å². The molecule has 0 aliphatic carbocycles. The van der Waals surface area contributed by atoms with Crippen LogP contribution in [0.4, 0.5) is 10.8 Å². The Kier molecular flexibility index (Phi) is 7.79. The number of aryl methyl sites for hydroxylation is 2. The number of carbonyl (C=O) groups is 1. The molecule has 2 aromatic heterocycles. The fraction of sp³-hybridized carbons (Fsp3) is 0.250. The lowest BCUT2D eigenvalue weighted by atomic mass is 10.2. The summed E-state index contributed by atoms with van der Waals surface area (Å²) in [6.07, 6.45) is 1.74. The highest BCUT2D eigenvalue weighted by atomic mass is 32.2. The maximum absolute atomic E-state index is 12.4. The summed E-state index contributed by atoms with van der Waals surface area (Å²) in [7, 11) is -3.81. The number of anilines is 2. The minimum Gasteiger partial charge on any atom is -0.325 e. The Bertz CT molecular complexity index is 1250. The zero-order chi connectivity index (χ0) is 23.1. The number of carbonyl (C=O) groups excluding carboxylic acids is 1. The predicted molar refractivity (Wildman–Crippen MR) is 124 cm³/mol. The van der Waals surface area contributed by atoms with Gasteiger partial charge in [-0.25, -0.2) is 13.4 Å². The van der Waals surface area contributed by atoms with Crippen molar-refractivity contribution in [3.63, 3.8) is 0 Å². The van der Waals surface area contributed by atoms with Gasteiger partial charge in [0, 0.05) is 11.4 Å². The number of thioether (sulfide) groups is 1. The van der Waals surface area contributed by atoms with Crippen LogP contribution in [0.3, 0.4) is 0 Å². The monoisotopic (exact) mass is 488 g/mol. The van der Waals surface area contributed by atoms with Crippen LogP contribution in [0.25, 0.3) is 0 Å². The summed E-state index contributed by atoms with van der Waals surface area (Å²) in [5.41, 5.74) is 1.76. The van der Waals surface area contributed by atoms with Gasteiger partial charge in [-0.15, -0.1) is 10.2 Å². The molecule has 0 aliphatic rings. The van der Waals surface area contributed by atoms with E-state index in [4.69, 9.17) is 0 Å². The predicted octanol–water partition coefficient (Wildman–Crippen LogP) is 3.60. The molecule has 9 nitrogen and oxygen atoms in total. The highest BCUT2D eigenvalue weighted by molar-refractivity contribution is 8.00. The number of hydrogen-bond acceptors (Lipinski definition) is 9. The molecule has 2 N–H and O–H groups in total. The standard InChI is InChI=1S/C20H20N6O3S3/c1-3-4-15-6-5-14(11-21)19(23-15)30-12-18(27)22-16-7-9-17(10-8-16)32(28,29)26-20-25-24-13(2)31-20/h5-10H,3-4,12H2,1-2H3,(H,22,27)(H,25,26). The number of sulfonamides is 1. The van der Waals surface area contributed by atoms with Crippen molar-refractivity contribution in [2.24, 2.45) is 0 Å². The summed E-state index contributed by atoms with van der Waals surface area (Å²) < 4.78 is 27.3. The van der Waals surface area contributed by atoms with E-state index in [0.717, 1.165) is 29.9 Å². The van der Waals surface area contributed by atoms with Crippen LogP contribution in [-0.4, -0.2) is 35.3 Å². The highest BCUT2D eigenvalue weighted by Crippen LogP contribution is 2.23. The second-order valence-corrected chi connectivity index (χ2v) is 10.4. The van der Waals surface area contributed by atoms with Crippen molar-refractivity contribution in [1.82, 2.24) is 15.2 Å². The number of nitrogens with one attached hydrogen (secondary N) is 2. The molecule has 3 aromatic rings. The van der Waals surface area contributed by atoms with Gasteiger partial charge in [0.25, 0.3) is 10.0 Å². The van der Waals surface area contributed by atoms with E-state index in [9.17, 15) is 18.5 Å². The third-order valence-corrected chi connectivity index (χ3v) is 7.31. The zero-order valence-corrected chi connectivity index (χ0v) is 19.8. The average Bonchev–Trinajstić information content (AvgIpc) is 3.17. The molecule has 3 rings (SSSR count). The smallest absolute Gasteiger partial charge is 0.263 e. The summed E-state index contributed by atoms with van der Waals surface area (Å²) in [5, 5.41) is 20.9. The Labute approximate surface area is 194 Å². The topological polar surface area (TPSA) is 138 Å². The number of aromatic nitrogens is 3. The van der Waals surface area contributed by atoms with Gasteiger partial charge in [0.2, 0.25) is 11.0 Å². The van der Waals surface area contributed by atoms with Crippen molar-refractivity contribution in [3.8, 4) is 6.07 Å². The van der Waals surface area contributed by atoms with Crippen LogP contribution in [0.2, 0.25) is 0 Å². The first-order chi connectivity index (χ1) is 15.3. The average molecular weight is 489 g/mol. The zero-order valence-electron chi connectivity index (χ0n) is 17.3. The van der Waals surface area contributed by atoms with E-state index in [1.54, 1.807) is 13.0 Å². The van der Waals surface area contributed by atoms with Crippen molar-refractivity contribution < 1.29 is 13.2 Å². The van der Waals surface area contributed by atoms with Crippen LogP contribution >= 0.6 is 23.1 Å². The molecule has 0 atom stereocenters. The normalized spacial score (nSPS) is 11.0. The minimum absolute atomic E-state index is 0.0355. The molecule has 1 aromatic carbocycles. The Balaban J connectivity index is 1.60. The third-order valence-electron chi connectivity index (χ3n) is 4.08. The number of amides is 1. The second-order valence-electron chi connectivity index (χ2n) is 6.61. The van der Waals surface area contributed by atoms with Crippen LogP contribution in [0.15, 0.2) is 46.3 Å². The molecular weight excluding hydrogens is 468 g/mol. The molecule has 0 unspecified atom stereocenters. The van der Waals surface area contributed by atoms with Crippen LogP contribution in [0.1, 0.15) is 29.6 Å². The Morgan fingerprint density at radius 3 is 2.56 bits per heavy atom. The molecule has 1 amide bonds. The first-order valence-corrected chi connectivity index (χ1v) is 12.8. The molecule has 0 saturated heterocycles. The van der Waals surface area contributed by atoms with E-state index in [0.29, 0.717) is 21.3 Å². The van der Waals surface area contributed by atoms with Crippen LogP contribution in [0.5, 0.6) is 0 Å². The number of benzene rings is 1. The molecule has 0 radical (unpaired) electrons. The van der Waals surface area contributed by atoms with Crippen molar-refractivity contribution in [1.29, 1.82) is 5.26 Å². The highest BCUT2D eigenvalue weighted by Gasteiger charge is 2.17. The minimum atomic E-state index is -3.81. The van der Waals surface area contributed by atoms with E-state index in [2.05, 4.69) is 31.3 Å². The van der Waals surface area contributed by atoms with Crippen LogP contribution in [-0.2, 0) is 21.2 Å². The van der Waals surface area contributed by atoms with Gasteiger partial charge < -0.3 is 5.32 Å². The largest absolute Gasteiger partial charge is 0.325 e. The quantitative estimate of drug-likeness (QED) is 0.436. The van der Waals surface area contributed by atoms with E-state index in [1.807, 2.05) is 13.0 Å². The van der Waals surface area contributed by atoms with Gasteiger partial charge in [0.15, 0.2) is 0 Å². The van der Waals surface area contributed by atoms with E-state index in [1.165, 1.54) is 36.0 Å². The lowest BCUT2D eigenvalue weighted by Crippen LogP contribution is -2.15. The molecule has 0 fully saturated rings. The summed E-state index contributed by atoms with van der Waals surface area (Å²) in [5.74, 6) is -0.227. The number of nitrogens with zero attached hydrogens (tertiary/aromatic N) is 4. The van der Waals surface area contributed by atoms with Crippen LogP contribution in [0, 0.1) is 18.3 Å². The SMILES string of the molecule is CCCc1ccc(C#N)c(SCC(=O)Nc2ccc(S(=O)(=O)Nc3nnc(C)s3)cc2)n1. The molecular formula is C20H20N6O3S3. The lowest BCUT2D eigenvalue weighted by molar-refractivity contribution is -0.113. The molecule has 0 bridgehead atoms. The summed E-state index contributed by atoms with van der Waals surface area (Å²) in [6, 6.07) is 11.4. The van der Waals surface area contributed by atoms with Gasteiger partial charge in [-0.1, -0.05) is 36.4 Å². The molecule has 166 valence electrons. The fourth-order valence-electron chi connectivity index (χ4n) is 2.63. The maximum Gasteiger partial charge on any atom is 0.263 e. The molecule has 0 aliphatic heterocycles. The Morgan fingerprint density at radius 1 is 1.19 bits per heavy atom. The van der Waals surface area contributed by atoms with E-state index in [-0.39, 0.29) is 21.7 Å². The van der Waals surface area contributed by atoms with Gasteiger partial charge in [-0.05, 0) is 49.7 Å². The number of hydrogen-bond donors (Lipinski definition) is 2. The third kappa shape index (κ3) is 6.25. The fourth-order valence-corrected chi connectivity index (χ4v) is 5.24. The van der Waals surface area contributed by atoms with Crippen molar-refractivity contribution in [3.05, 3.63) is 52.7 Å². The first-order valence-electron chi connectivity index (χ1n) is 9.56. The lowest BCUT2D eigenvalue weighted by Gasteiger charge is -2.08. The van der Waals surface area contributed by atoms with E-state index < -0.39 is 10.0 Å². The molecule has 2 heterocycles. The summed E-state index contributed by atoms with van der Waals surface area (Å²) in [6.45, 7) is 3.77. The van der Waals surface area contributed by atoms with E-state index >= 15 is 0 Å². The van der Waals surface area contributed by atoms with Gasteiger partial charge in [0.05, 0.1) is 16.2 Å². The van der Waals surface area contributed by atoms with Gasteiger partial charge in [0.1, 0.15) is 16.1 Å². The number of pyridine rings is 1. The van der Waals surface area contributed by atoms with Gasteiger partial charge in [-0.3, -0.25) is 9.52 Å². The van der Waals surface area contributed by atoms with Crippen molar-refractivity contribution in [2.45, 2.75) is 36.6 Å². The van der Waals surface area contributed by atoms with Crippen molar-refractivity contribution >= 4 is 49.8 Å².